The van der Waals surface area contributed by atoms with Crippen molar-refractivity contribution in [2.45, 2.75) is 33.0 Å². The summed E-state index contributed by atoms with van der Waals surface area (Å²) in [6.45, 7) is 6.03. The van der Waals surface area contributed by atoms with Crippen LogP contribution in [0.2, 0.25) is 0 Å². The minimum absolute atomic E-state index is 0.0751. The molecular formula is C11H18O2. The molecule has 2 aliphatic rings. The third kappa shape index (κ3) is 2.12. The van der Waals surface area contributed by atoms with E-state index in [1.807, 2.05) is 0 Å². The molecule has 2 unspecified atom stereocenters. The van der Waals surface area contributed by atoms with Crippen LogP contribution in [0.15, 0.2) is 11.6 Å². The van der Waals surface area contributed by atoms with Gasteiger partial charge in [-0.05, 0) is 25.7 Å². The first-order chi connectivity index (χ1) is 6.25. The summed E-state index contributed by atoms with van der Waals surface area (Å²) in [6.07, 6.45) is 4.80. The Kier molecular flexibility index (Phi) is 2.70. The van der Waals surface area contributed by atoms with Crippen molar-refractivity contribution in [2.75, 3.05) is 13.2 Å². The second kappa shape index (κ2) is 3.81. The summed E-state index contributed by atoms with van der Waals surface area (Å²) >= 11 is 0. The van der Waals surface area contributed by atoms with E-state index in [0.717, 1.165) is 19.6 Å². The van der Waals surface area contributed by atoms with Gasteiger partial charge < -0.3 is 9.47 Å². The van der Waals surface area contributed by atoms with E-state index in [-0.39, 0.29) is 6.29 Å². The third-order valence-corrected chi connectivity index (χ3v) is 2.86. The molecule has 2 rings (SSSR count). The van der Waals surface area contributed by atoms with E-state index in [4.69, 9.17) is 9.47 Å². The lowest BCUT2D eigenvalue weighted by molar-refractivity contribution is -0.0887. The zero-order valence-corrected chi connectivity index (χ0v) is 8.45. The van der Waals surface area contributed by atoms with Crippen LogP contribution in [0.25, 0.3) is 0 Å². The van der Waals surface area contributed by atoms with E-state index in [9.17, 15) is 0 Å². The quantitative estimate of drug-likeness (QED) is 0.579. The maximum absolute atomic E-state index is 5.54. The summed E-state index contributed by atoms with van der Waals surface area (Å²) in [5.74, 6) is 1.27. The molecule has 0 aromatic rings. The normalized spacial score (nSPS) is 36.3. The average molecular weight is 182 g/mol. The zero-order chi connectivity index (χ0) is 9.26. The zero-order valence-electron chi connectivity index (χ0n) is 8.45. The molecule has 1 fully saturated rings. The first kappa shape index (κ1) is 9.22. The Balaban J connectivity index is 1.97. The summed E-state index contributed by atoms with van der Waals surface area (Å²) in [4.78, 5) is 0. The van der Waals surface area contributed by atoms with Crippen molar-refractivity contribution < 1.29 is 9.47 Å². The van der Waals surface area contributed by atoms with Crippen LogP contribution in [-0.4, -0.2) is 19.5 Å². The van der Waals surface area contributed by atoms with Crippen LogP contribution >= 0.6 is 0 Å². The first-order valence-corrected chi connectivity index (χ1v) is 5.16. The molecule has 2 atom stereocenters. The molecule has 0 saturated carbocycles. The lowest BCUT2D eigenvalue weighted by Gasteiger charge is -2.28. The minimum atomic E-state index is 0.0751. The second-order valence-electron chi connectivity index (χ2n) is 4.30. The van der Waals surface area contributed by atoms with Gasteiger partial charge in [0.25, 0.3) is 0 Å². The third-order valence-electron chi connectivity index (χ3n) is 2.86. The molecule has 0 amide bonds. The largest absolute Gasteiger partial charge is 0.350 e. The second-order valence-corrected chi connectivity index (χ2v) is 4.30. The van der Waals surface area contributed by atoms with E-state index < -0.39 is 0 Å². The van der Waals surface area contributed by atoms with Gasteiger partial charge in [-0.25, -0.2) is 0 Å². The van der Waals surface area contributed by atoms with Crippen molar-refractivity contribution in [3.63, 3.8) is 0 Å². The van der Waals surface area contributed by atoms with Crippen molar-refractivity contribution in [1.29, 1.82) is 0 Å². The van der Waals surface area contributed by atoms with Crippen LogP contribution in [0.3, 0.4) is 0 Å². The molecule has 0 aromatic carbocycles. The Morgan fingerprint density at radius 3 is 2.62 bits per heavy atom. The Bertz CT molecular complexity index is 204. The van der Waals surface area contributed by atoms with Crippen molar-refractivity contribution in [3.8, 4) is 0 Å². The van der Waals surface area contributed by atoms with Crippen LogP contribution in [0.1, 0.15) is 26.7 Å². The maximum Gasteiger partial charge on any atom is 0.160 e. The summed E-state index contributed by atoms with van der Waals surface area (Å²) < 4.78 is 11.1. The summed E-state index contributed by atoms with van der Waals surface area (Å²) in [6, 6.07) is 0. The highest BCUT2D eigenvalue weighted by Crippen LogP contribution is 2.32. The fraction of sp³-hybridized carbons (Fsp3) is 0.818. The van der Waals surface area contributed by atoms with Gasteiger partial charge in [-0.3, -0.25) is 0 Å². The predicted molar refractivity (Wildman–Crippen MR) is 51.3 cm³/mol. The Hall–Kier alpha value is -0.340. The molecule has 74 valence electrons. The Morgan fingerprint density at radius 1 is 1.31 bits per heavy atom. The van der Waals surface area contributed by atoms with Gasteiger partial charge in [-0.2, -0.15) is 0 Å². The molecule has 0 bridgehead atoms. The SMILES string of the molecule is CC1=CC(C)CC(C2OCCO2)C1. The molecule has 13 heavy (non-hydrogen) atoms. The fourth-order valence-corrected chi connectivity index (χ4v) is 2.45. The van der Waals surface area contributed by atoms with Gasteiger partial charge in [0.15, 0.2) is 6.29 Å². The number of ether oxygens (including phenoxy) is 2. The van der Waals surface area contributed by atoms with E-state index in [0.29, 0.717) is 11.8 Å². The lowest BCUT2D eigenvalue weighted by Crippen LogP contribution is -2.25. The number of rotatable bonds is 1. The summed E-state index contributed by atoms with van der Waals surface area (Å²) in [7, 11) is 0. The molecular weight excluding hydrogens is 164 g/mol. The van der Waals surface area contributed by atoms with Crippen molar-refractivity contribution in [3.05, 3.63) is 11.6 Å². The van der Waals surface area contributed by atoms with Gasteiger partial charge >= 0.3 is 0 Å². The van der Waals surface area contributed by atoms with Crippen molar-refractivity contribution in [1.82, 2.24) is 0 Å². The van der Waals surface area contributed by atoms with Crippen LogP contribution in [0.4, 0.5) is 0 Å². The van der Waals surface area contributed by atoms with E-state index in [1.54, 1.807) is 0 Å². The molecule has 0 N–H and O–H groups in total. The van der Waals surface area contributed by atoms with Crippen LogP contribution in [0.5, 0.6) is 0 Å². The monoisotopic (exact) mass is 182 g/mol. The fourth-order valence-electron chi connectivity index (χ4n) is 2.45. The molecule has 1 heterocycles. The van der Waals surface area contributed by atoms with Crippen LogP contribution < -0.4 is 0 Å². The molecule has 1 saturated heterocycles. The first-order valence-electron chi connectivity index (χ1n) is 5.16. The van der Waals surface area contributed by atoms with Gasteiger partial charge in [0.1, 0.15) is 0 Å². The molecule has 0 spiro atoms. The molecule has 1 aliphatic heterocycles. The standard InChI is InChI=1S/C11H18O2/c1-8-5-9(2)7-10(6-8)11-12-3-4-13-11/h5,8,10-11H,3-4,6-7H2,1-2H3. The highest BCUT2D eigenvalue weighted by molar-refractivity contribution is 5.06. The van der Waals surface area contributed by atoms with Crippen LogP contribution in [-0.2, 0) is 9.47 Å². The number of hydrogen-bond donors (Lipinski definition) is 0. The van der Waals surface area contributed by atoms with Crippen molar-refractivity contribution >= 4 is 0 Å². The Morgan fingerprint density at radius 2 is 2.00 bits per heavy atom. The maximum atomic E-state index is 5.54. The molecule has 0 radical (unpaired) electrons. The van der Waals surface area contributed by atoms with Crippen molar-refractivity contribution in [2.24, 2.45) is 11.8 Å². The highest BCUT2D eigenvalue weighted by Gasteiger charge is 2.30. The van der Waals surface area contributed by atoms with Gasteiger partial charge in [0.2, 0.25) is 0 Å². The molecule has 2 nitrogen and oxygen atoms in total. The predicted octanol–water partition coefficient (Wildman–Crippen LogP) is 2.35. The summed E-state index contributed by atoms with van der Waals surface area (Å²) in [5, 5.41) is 0. The topological polar surface area (TPSA) is 18.5 Å². The summed E-state index contributed by atoms with van der Waals surface area (Å²) in [5.41, 5.74) is 1.49. The molecule has 1 aliphatic carbocycles. The number of hydrogen-bond acceptors (Lipinski definition) is 2. The van der Waals surface area contributed by atoms with Gasteiger partial charge in [0, 0.05) is 5.92 Å². The Labute approximate surface area is 79.9 Å². The van der Waals surface area contributed by atoms with E-state index >= 15 is 0 Å². The van der Waals surface area contributed by atoms with Crippen LogP contribution in [0, 0.1) is 11.8 Å². The minimum Gasteiger partial charge on any atom is -0.350 e. The molecule has 0 aromatic heterocycles. The average Bonchev–Trinajstić information content (AvgIpc) is 2.53. The highest BCUT2D eigenvalue weighted by atomic mass is 16.7. The van der Waals surface area contributed by atoms with E-state index in [2.05, 4.69) is 19.9 Å². The molecule has 2 heteroatoms. The van der Waals surface area contributed by atoms with Gasteiger partial charge in [-0.15, -0.1) is 0 Å². The smallest absolute Gasteiger partial charge is 0.160 e. The van der Waals surface area contributed by atoms with E-state index in [1.165, 1.54) is 12.0 Å². The number of allylic oxidation sites excluding steroid dienone is 2. The lowest BCUT2D eigenvalue weighted by atomic mass is 9.83. The van der Waals surface area contributed by atoms with Gasteiger partial charge in [0.05, 0.1) is 13.2 Å². The van der Waals surface area contributed by atoms with Gasteiger partial charge in [-0.1, -0.05) is 18.6 Å².